The normalized spacial score (nSPS) is 12.0. The lowest BCUT2D eigenvalue weighted by Gasteiger charge is -2.16. The molecule has 3 rings (SSSR count). The van der Waals surface area contributed by atoms with Crippen LogP contribution in [0.15, 0.2) is 42.5 Å². The fraction of sp³-hybridized carbons (Fsp3) is 0.286. The number of para-hydroxylation sites is 1. The van der Waals surface area contributed by atoms with Crippen molar-refractivity contribution in [2.24, 2.45) is 0 Å². The van der Waals surface area contributed by atoms with E-state index in [1.807, 2.05) is 56.3 Å². The number of aryl methyl sites for hydroxylation is 2. The summed E-state index contributed by atoms with van der Waals surface area (Å²) in [5.41, 5.74) is 3.78. The highest BCUT2D eigenvalue weighted by Gasteiger charge is 2.15. The van der Waals surface area contributed by atoms with E-state index < -0.39 is 0 Å². The molecule has 1 aromatic heterocycles. The van der Waals surface area contributed by atoms with Gasteiger partial charge in [0.15, 0.2) is 0 Å². The molecule has 0 bridgehead atoms. The Labute approximate surface area is 153 Å². The van der Waals surface area contributed by atoms with Crippen LogP contribution < -0.4 is 14.8 Å². The van der Waals surface area contributed by atoms with Crippen molar-refractivity contribution >= 4 is 16.8 Å². The van der Waals surface area contributed by atoms with Crippen molar-refractivity contribution in [1.82, 2.24) is 10.3 Å². The van der Waals surface area contributed by atoms with E-state index >= 15 is 0 Å². The predicted octanol–water partition coefficient (Wildman–Crippen LogP) is 3.99. The van der Waals surface area contributed by atoms with Gasteiger partial charge in [0.1, 0.15) is 17.6 Å². The molecular formula is C21H24N2O3. The standard InChI is InChI=1S/C21H24N2O3/c1-13(26-17-10-8-16(25-4)9-11-17)12-22-21(24)19-7-5-6-18-14(2)15(3)23-20(18)19/h5-11,13,23H,12H2,1-4H3,(H,22,24). The molecule has 0 radical (unpaired) electrons. The quantitative estimate of drug-likeness (QED) is 0.705. The number of benzene rings is 2. The molecule has 1 amide bonds. The van der Waals surface area contributed by atoms with Crippen LogP contribution in [0.3, 0.4) is 0 Å². The first-order chi connectivity index (χ1) is 12.5. The number of carbonyl (C=O) groups excluding carboxylic acids is 1. The maximum Gasteiger partial charge on any atom is 0.253 e. The third-order valence-electron chi connectivity index (χ3n) is 4.53. The number of H-pyrrole nitrogens is 1. The van der Waals surface area contributed by atoms with Crippen LogP contribution in [0.1, 0.15) is 28.5 Å². The van der Waals surface area contributed by atoms with Crippen LogP contribution in [0.2, 0.25) is 0 Å². The molecule has 1 atom stereocenters. The molecule has 1 heterocycles. The number of rotatable bonds is 6. The van der Waals surface area contributed by atoms with Crippen LogP contribution in [0, 0.1) is 13.8 Å². The second-order valence-electron chi connectivity index (χ2n) is 6.42. The lowest BCUT2D eigenvalue weighted by atomic mass is 10.1. The topological polar surface area (TPSA) is 63.4 Å². The van der Waals surface area contributed by atoms with Gasteiger partial charge in [-0.15, -0.1) is 0 Å². The van der Waals surface area contributed by atoms with Crippen LogP contribution in [-0.4, -0.2) is 30.6 Å². The minimum Gasteiger partial charge on any atom is -0.497 e. The number of ether oxygens (including phenoxy) is 2. The molecule has 3 aromatic rings. The van der Waals surface area contributed by atoms with Gasteiger partial charge >= 0.3 is 0 Å². The lowest BCUT2D eigenvalue weighted by Crippen LogP contribution is -2.33. The van der Waals surface area contributed by atoms with Gasteiger partial charge < -0.3 is 19.8 Å². The number of nitrogens with one attached hydrogen (secondary N) is 2. The summed E-state index contributed by atoms with van der Waals surface area (Å²) in [5, 5.41) is 4.03. The van der Waals surface area contributed by atoms with Gasteiger partial charge in [0, 0.05) is 11.1 Å². The molecule has 0 spiro atoms. The average Bonchev–Trinajstić information content (AvgIpc) is 2.94. The molecule has 136 valence electrons. The van der Waals surface area contributed by atoms with Gasteiger partial charge in [0.2, 0.25) is 0 Å². The first-order valence-corrected chi connectivity index (χ1v) is 8.66. The summed E-state index contributed by atoms with van der Waals surface area (Å²) in [6.45, 7) is 6.41. The molecule has 5 nitrogen and oxygen atoms in total. The molecule has 2 N–H and O–H groups in total. The maximum absolute atomic E-state index is 12.6. The Hall–Kier alpha value is -2.95. The molecule has 5 heteroatoms. The molecule has 0 aliphatic carbocycles. The van der Waals surface area contributed by atoms with Crippen molar-refractivity contribution in [3.05, 3.63) is 59.3 Å². The Morgan fingerprint density at radius 1 is 1.12 bits per heavy atom. The van der Waals surface area contributed by atoms with Gasteiger partial charge in [0.25, 0.3) is 5.91 Å². The van der Waals surface area contributed by atoms with Crippen LogP contribution in [0.4, 0.5) is 0 Å². The van der Waals surface area contributed by atoms with Crippen molar-refractivity contribution in [3.8, 4) is 11.5 Å². The van der Waals surface area contributed by atoms with Crippen LogP contribution in [0.25, 0.3) is 10.9 Å². The third kappa shape index (κ3) is 3.67. The number of hydrogen-bond donors (Lipinski definition) is 2. The summed E-state index contributed by atoms with van der Waals surface area (Å²) >= 11 is 0. The summed E-state index contributed by atoms with van der Waals surface area (Å²) < 4.78 is 11.0. The monoisotopic (exact) mass is 352 g/mol. The zero-order valence-corrected chi connectivity index (χ0v) is 15.6. The van der Waals surface area contributed by atoms with Crippen molar-refractivity contribution in [2.75, 3.05) is 13.7 Å². The molecule has 0 aliphatic heterocycles. The van der Waals surface area contributed by atoms with E-state index in [1.165, 1.54) is 5.56 Å². The Morgan fingerprint density at radius 2 is 1.81 bits per heavy atom. The summed E-state index contributed by atoms with van der Waals surface area (Å²) in [5.74, 6) is 1.41. The average molecular weight is 352 g/mol. The molecule has 0 fully saturated rings. The van der Waals surface area contributed by atoms with Gasteiger partial charge in [-0.1, -0.05) is 12.1 Å². The number of aromatic nitrogens is 1. The van der Waals surface area contributed by atoms with Crippen molar-refractivity contribution in [1.29, 1.82) is 0 Å². The zero-order chi connectivity index (χ0) is 18.7. The van der Waals surface area contributed by atoms with Gasteiger partial charge in [-0.05, 0) is 56.7 Å². The Balaban J connectivity index is 1.64. The van der Waals surface area contributed by atoms with Crippen molar-refractivity contribution < 1.29 is 14.3 Å². The number of hydrogen-bond acceptors (Lipinski definition) is 3. The SMILES string of the molecule is COc1ccc(OC(C)CNC(=O)c2cccc3c(C)c(C)[nH]c23)cc1. The number of aromatic amines is 1. The molecule has 1 unspecified atom stereocenters. The van der Waals surface area contributed by atoms with E-state index in [0.717, 1.165) is 28.1 Å². The minimum absolute atomic E-state index is 0.109. The van der Waals surface area contributed by atoms with Crippen LogP contribution >= 0.6 is 0 Å². The highest BCUT2D eigenvalue weighted by molar-refractivity contribution is 6.06. The van der Waals surface area contributed by atoms with Gasteiger partial charge in [-0.2, -0.15) is 0 Å². The predicted molar refractivity (Wildman–Crippen MR) is 103 cm³/mol. The summed E-state index contributed by atoms with van der Waals surface area (Å²) in [6.07, 6.45) is -0.154. The molecular weight excluding hydrogens is 328 g/mol. The third-order valence-corrected chi connectivity index (χ3v) is 4.53. The van der Waals surface area contributed by atoms with E-state index in [4.69, 9.17) is 9.47 Å². The van der Waals surface area contributed by atoms with E-state index in [0.29, 0.717) is 12.1 Å². The van der Waals surface area contributed by atoms with Gasteiger partial charge in [-0.3, -0.25) is 4.79 Å². The number of amides is 1. The van der Waals surface area contributed by atoms with Gasteiger partial charge in [0.05, 0.1) is 24.7 Å². The first kappa shape index (κ1) is 17.9. The summed E-state index contributed by atoms with van der Waals surface area (Å²) in [6, 6.07) is 13.2. The molecule has 2 aromatic carbocycles. The zero-order valence-electron chi connectivity index (χ0n) is 15.6. The number of carbonyl (C=O) groups is 1. The maximum atomic E-state index is 12.6. The number of fused-ring (bicyclic) bond motifs is 1. The van der Waals surface area contributed by atoms with Gasteiger partial charge in [-0.25, -0.2) is 0 Å². The minimum atomic E-state index is -0.154. The molecule has 0 saturated carbocycles. The lowest BCUT2D eigenvalue weighted by molar-refractivity contribution is 0.0933. The Kier molecular flexibility index (Phi) is 5.16. The van der Waals surface area contributed by atoms with Crippen molar-refractivity contribution in [2.45, 2.75) is 26.9 Å². The van der Waals surface area contributed by atoms with E-state index in [9.17, 15) is 4.79 Å². The fourth-order valence-electron chi connectivity index (χ4n) is 2.93. The first-order valence-electron chi connectivity index (χ1n) is 8.66. The summed E-state index contributed by atoms with van der Waals surface area (Å²) in [4.78, 5) is 15.9. The Morgan fingerprint density at radius 3 is 2.50 bits per heavy atom. The molecule has 26 heavy (non-hydrogen) atoms. The largest absolute Gasteiger partial charge is 0.497 e. The van der Waals surface area contributed by atoms with E-state index in [-0.39, 0.29) is 12.0 Å². The Bertz CT molecular complexity index is 913. The highest BCUT2D eigenvalue weighted by atomic mass is 16.5. The van der Waals surface area contributed by atoms with E-state index in [1.54, 1.807) is 7.11 Å². The van der Waals surface area contributed by atoms with Crippen LogP contribution in [0.5, 0.6) is 11.5 Å². The molecule has 0 aliphatic rings. The number of methoxy groups -OCH3 is 1. The second-order valence-corrected chi connectivity index (χ2v) is 6.42. The van der Waals surface area contributed by atoms with E-state index in [2.05, 4.69) is 17.2 Å². The smallest absolute Gasteiger partial charge is 0.253 e. The highest BCUT2D eigenvalue weighted by Crippen LogP contribution is 2.24. The summed E-state index contributed by atoms with van der Waals surface area (Å²) in [7, 11) is 1.63. The fourth-order valence-corrected chi connectivity index (χ4v) is 2.93. The van der Waals surface area contributed by atoms with Crippen molar-refractivity contribution in [3.63, 3.8) is 0 Å². The second kappa shape index (κ2) is 7.52. The molecule has 0 saturated heterocycles. The van der Waals surface area contributed by atoms with Crippen LogP contribution in [-0.2, 0) is 0 Å².